The van der Waals surface area contributed by atoms with Crippen LogP contribution in [-0.2, 0) is 4.43 Å². The summed E-state index contributed by atoms with van der Waals surface area (Å²) in [4.78, 5) is 0. The first-order valence-electron chi connectivity index (χ1n) is 4.47. The molecule has 0 unspecified atom stereocenters. The molecule has 3 heteroatoms. The molecule has 1 nitrogen and oxygen atoms in total. The largest absolute Gasteiger partial charge is 0.417 e. The second kappa shape index (κ2) is 4.96. The van der Waals surface area contributed by atoms with Crippen molar-refractivity contribution >= 4 is 30.9 Å². The average Bonchev–Trinajstić information content (AvgIpc) is 1.78. The van der Waals surface area contributed by atoms with Crippen LogP contribution in [0.5, 0.6) is 0 Å². The Balaban J connectivity index is 3.86. The summed E-state index contributed by atoms with van der Waals surface area (Å²) in [6.45, 7) is 12.4. The Labute approximate surface area is 91.5 Å². The van der Waals surface area contributed by atoms with Gasteiger partial charge in [0.25, 0.3) is 0 Å². The van der Waals surface area contributed by atoms with Crippen molar-refractivity contribution in [2.75, 3.05) is 11.0 Å². The van der Waals surface area contributed by atoms with Gasteiger partial charge in [-0.05, 0) is 24.6 Å². The Bertz CT molecular complexity index is 129. The molecule has 0 aliphatic rings. The first kappa shape index (κ1) is 12.9. The molecule has 12 heavy (non-hydrogen) atoms. The zero-order chi connectivity index (χ0) is 9.83. The molecule has 0 aliphatic heterocycles. The van der Waals surface area contributed by atoms with Crippen molar-refractivity contribution in [1.82, 2.24) is 0 Å². The monoisotopic (exact) mass is 300 g/mol. The van der Waals surface area contributed by atoms with Crippen LogP contribution in [0.3, 0.4) is 0 Å². The van der Waals surface area contributed by atoms with Gasteiger partial charge in [0, 0.05) is 11.0 Å². The van der Waals surface area contributed by atoms with E-state index in [4.69, 9.17) is 4.43 Å². The predicted octanol–water partition coefficient (Wildman–Crippen LogP) is 3.69. The van der Waals surface area contributed by atoms with Crippen molar-refractivity contribution in [3.8, 4) is 0 Å². The molecule has 0 aromatic heterocycles. The zero-order valence-corrected chi connectivity index (χ0v) is 12.1. The van der Waals surface area contributed by atoms with E-state index in [2.05, 4.69) is 56.5 Å². The van der Waals surface area contributed by atoms with Crippen LogP contribution in [-0.4, -0.2) is 19.4 Å². The van der Waals surface area contributed by atoms with Crippen LogP contribution in [0.2, 0.25) is 19.1 Å². The minimum absolute atomic E-state index is 0.418. The number of hydrogen-bond acceptors (Lipinski definition) is 1. The molecule has 0 aliphatic carbocycles. The highest BCUT2D eigenvalue weighted by molar-refractivity contribution is 14.1. The van der Waals surface area contributed by atoms with Crippen LogP contribution in [0.25, 0.3) is 0 Å². The fourth-order valence-electron chi connectivity index (χ4n) is 1.64. The first-order valence-corrected chi connectivity index (χ1v) is 9.11. The van der Waals surface area contributed by atoms with Gasteiger partial charge in [-0.15, -0.1) is 0 Å². The molecule has 0 amide bonds. The molecule has 0 radical (unpaired) electrons. The molecule has 0 N–H and O–H groups in total. The third-order valence-electron chi connectivity index (χ3n) is 1.53. The molecule has 0 fully saturated rings. The molecule has 0 spiro atoms. The molecular weight excluding hydrogens is 279 g/mol. The minimum atomic E-state index is -1.36. The lowest BCUT2D eigenvalue weighted by Crippen LogP contribution is -2.35. The van der Waals surface area contributed by atoms with Gasteiger partial charge >= 0.3 is 0 Å². The summed E-state index contributed by atoms with van der Waals surface area (Å²) in [6.07, 6.45) is 0. The lowest BCUT2D eigenvalue weighted by molar-refractivity contribution is 0.315. The van der Waals surface area contributed by atoms with Crippen molar-refractivity contribution in [2.45, 2.75) is 39.9 Å². The summed E-state index contributed by atoms with van der Waals surface area (Å²) < 4.78 is 7.00. The molecule has 0 saturated carbocycles. The predicted molar refractivity (Wildman–Crippen MR) is 66.6 cm³/mol. The Morgan fingerprint density at radius 2 is 1.75 bits per heavy atom. The summed E-state index contributed by atoms with van der Waals surface area (Å²) in [5.74, 6) is 0. The standard InChI is InChI=1S/C9H21IOSi/c1-9(2,3)8-12(4,5)11-7-6-10/h6-8H2,1-5H3. The van der Waals surface area contributed by atoms with Crippen LogP contribution in [0.1, 0.15) is 20.8 Å². The van der Waals surface area contributed by atoms with Crippen molar-refractivity contribution in [3.05, 3.63) is 0 Å². The highest BCUT2D eigenvalue weighted by Crippen LogP contribution is 2.28. The minimum Gasteiger partial charge on any atom is -0.417 e. The topological polar surface area (TPSA) is 9.23 Å². The van der Waals surface area contributed by atoms with Gasteiger partial charge in [-0.3, -0.25) is 0 Å². The molecule has 0 bridgehead atoms. The van der Waals surface area contributed by atoms with E-state index in [1.54, 1.807) is 0 Å². The van der Waals surface area contributed by atoms with Gasteiger partial charge in [-0.2, -0.15) is 0 Å². The van der Waals surface area contributed by atoms with E-state index in [-0.39, 0.29) is 0 Å². The summed E-state index contributed by atoms with van der Waals surface area (Å²) in [5.41, 5.74) is 0.418. The van der Waals surface area contributed by atoms with Gasteiger partial charge in [0.1, 0.15) is 0 Å². The molecule has 0 rings (SSSR count). The Kier molecular flexibility index (Phi) is 5.33. The summed E-state index contributed by atoms with van der Waals surface area (Å²) >= 11 is 2.36. The van der Waals surface area contributed by atoms with Gasteiger partial charge in [0.2, 0.25) is 0 Å². The maximum atomic E-state index is 5.89. The van der Waals surface area contributed by atoms with Crippen LogP contribution < -0.4 is 0 Å². The zero-order valence-electron chi connectivity index (χ0n) is 8.91. The van der Waals surface area contributed by atoms with Crippen LogP contribution in [0.15, 0.2) is 0 Å². The molecule has 0 atom stereocenters. The van der Waals surface area contributed by atoms with Crippen LogP contribution >= 0.6 is 22.6 Å². The molecular formula is C9H21IOSi. The van der Waals surface area contributed by atoms with Gasteiger partial charge < -0.3 is 4.43 Å². The lowest BCUT2D eigenvalue weighted by atomic mass is 10.0. The van der Waals surface area contributed by atoms with E-state index in [0.29, 0.717) is 5.41 Å². The summed E-state index contributed by atoms with van der Waals surface area (Å²) in [5, 5.41) is 0. The highest BCUT2D eigenvalue weighted by Gasteiger charge is 2.28. The second-order valence-electron chi connectivity index (χ2n) is 5.03. The van der Waals surface area contributed by atoms with Crippen LogP contribution in [0.4, 0.5) is 0 Å². The SMILES string of the molecule is CC(C)(C)C[Si](C)(C)OCCI. The number of hydrogen-bond donors (Lipinski definition) is 0. The fraction of sp³-hybridized carbons (Fsp3) is 1.00. The van der Waals surface area contributed by atoms with E-state index in [1.165, 1.54) is 6.04 Å². The van der Waals surface area contributed by atoms with Gasteiger partial charge in [0.05, 0.1) is 0 Å². The maximum Gasteiger partial charge on any atom is 0.187 e. The lowest BCUT2D eigenvalue weighted by Gasteiger charge is -2.30. The maximum absolute atomic E-state index is 5.89. The number of rotatable bonds is 4. The van der Waals surface area contributed by atoms with E-state index in [9.17, 15) is 0 Å². The van der Waals surface area contributed by atoms with Crippen molar-refractivity contribution in [1.29, 1.82) is 0 Å². The normalized spacial score (nSPS) is 13.5. The molecule has 74 valence electrons. The molecule has 0 heterocycles. The average molecular weight is 300 g/mol. The fourth-order valence-corrected chi connectivity index (χ4v) is 5.59. The van der Waals surface area contributed by atoms with Crippen molar-refractivity contribution in [2.24, 2.45) is 5.41 Å². The number of halogens is 1. The van der Waals surface area contributed by atoms with E-state index >= 15 is 0 Å². The highest BCUT2D eigenvalue weighted by atomic mass is 127. The first-order chi connectivity index (χ1) is 5.27. The smallest absolute Gasteiger partial charge is 0.187 e. The molecule has 0 saturated heterocycles. The quantitative estimate of drug-likeness (QED) is 0.437. The van der Waals surface area contributed by atoms with Gasteiger partial charge in [-0.25, -0.2) is 0 Å². The number of alkyl halides is 1. The third-order valence-corrected chi connectivity index (χ3v) is 4.86. The summed E-state index contributed by atoms with van der Waals surface area (Å²) in [7, 11) is -1.36. The van der Waals surface area contributed by atoms with Gasteiger partial charge in [-0.1, -0.05) is 43.4 Å². The molecule has 0 aromatic rings. The Hall–Kier alpha value is 0.907. The van der Waals surface area contributed by atoms with Crippen molar-refractivity contribution in [3.63, 3.8) is 0 Å². The summed E-state index contributed by atoms with van der Waals surface area (Å²) in [6, 6.07) is 1.25. The molecule has 0 aromatic carbocycles. The Morgan fingerprint density at radius 3 is 2.08 bits per heavy atom. The third kappa shape index (κ3) is 7.55. The van der Waals surface area contributed by atoms with Gasteiger partial charge in [0.15, 0.2) is 8.32 Å². The van der Waals surface area contributed by atoms with Crippen LogP contribution in [0, 0.1) is 5.41 Å². The van der Waals surface area contributed by atoms with E-state index in [0.717, 1.165) is 11.0 Å². The van der Waals surface area contributed by atoms with E-state index in [1.807, 2.05) is 0 Å². The van der Waals surface area contributed by atoms with Crippen molar-refractivity contribution < 1.29 is 4.43 Å². The Morgan fingerprint density at radius 1 is 1.25 bits per heavy atom. The second-order valence-corrected chi connectivity index (χ2v) is 10.3. The van der Waals surface area contributed by atoms with E-state index < -0.39 is 8.32 Å².